The average Bonchev–Trinajstić information content (AvgIpc) is 3.11. The molecular formula is C44H27N. The largest absolute Gasteiger partial charge is 0.355 e. The van der Waals surface area contributed by atoms with Crippen molar-refractivity contribution in [2.45, 2.75) is 0 Å². The smallest absolute Gasteiger partial charge is 0.0464 e. The molecule has 1 heteroatoms. The first-order valence-electron chi connectivity index (χ1n) is 15.6. The summed E-state index contributed by atoms with van der Waals surface area (Å²) in [7, 11) is 0. The van der Waals surface area contributed by atoms with Crippen molar-refractivity contribution in [1.82, 2.24) is 0 Å². The van der Waals surface area contributed by atoms with E-state index in [-0.39, 0.29) is 0 Å². The number of hydrogen-bond acceptors (Lipinski definition) is 1. The lowest BCUT2D eigenvalue weighted by Crippen LogP contribution is -1.96. The molecule has 45 heavy (non-hydrogen) atoms. The second kappa shape index (κ2) is 9.29. The summed E-state index contributed by atoms with van der Waals surface area (Å²) in [5.41, 5.74) is 7.30. The number of rotatable bonds is 4. The number of anilines is 2. The van der Waals surface area contributed by atoms with Crippen LogP contribution in [-0.2, 0) is 0 Å². The van der Waals surface area contributed by atoms with E-state index in [2.05, 4.69) is 163 Å². The van der Waals surface area contributed by atoms with E-state index in [9.17, 15) is 0 Å². The topological polar surface area (TPSA) is 12.0 Å². The Morgan fingerprint density at radius 2 is 0.600 bits per heavy atom. The molecule has 0 aromatic heterocycles. The Bertz CT molecular complexity index is 2520. The first-order chi connectivity index (χ1) is 22.3. The monoisotopic (exact) mass is 569 g/mol. The molecule has 0 radical (unpaired) electrons. The summed E-state index contributed by atoms with van der Waals surface area (Å²) in [4.78, 5) is 0. The second-order valence-corrected chi connectivity index (χ2v) is 12.2. The first kappa shape index (κ1) is 24.5. The molecule has 0 spiro atoms. The van der Waals surface area contributed by atoms with Gasteiger partial charge in [0.1, 0.15) is 0 Å². The van der Waals surface area contributed by atoms with E-state index in [1.165, 1.54) is 86.9 Å². The Balaban J connectivity index is 1.18. The molecule has 0 unspecified atom stereocenters. The highest BCUT2D eigenvalue weighted by atomic mass is 14.9. The third kappa shape index (κ3) is 3.56. The fourth-order valence-corrected chi connectivity index (χ4v) is 7.70. The molecule has 0 fully saturated rings. The van der Waals surface area contributed by atoms with Crippen LogP contribution in [0.1, 0.15) is 0 Å². The standard InChI is InChI=1S/C44H27N/c1-3-7-27(8-4-1)33-19-11-29-15-23-37-39(25-17-31-13-21-35(33)41(29)43(31)37)45-40-26-18-32-14-22-36-34(28-9-5-2-6-10-28)20-12-30-16-24-38(40)44(32)42(30)36/h1-26,45H. The molecule has 10 rings (SSSR count). The highest BCUT2D eigenvalue weighted by Crippen LogP contribution is 2.44. The van der Waals surface area contributed by atoms with Crippen molar-refractivity contribution in [1.29, 1.82) is 0 Å². The zero-order valence-electron chi connectivity index (χ0n) is 24.5. The Kier molecular flexibility index (Phi) is 5.06. The minimum atomic E-state index is 1.13. The molecule has 0 amide bonds. The highest BCUT2D eigenvalue weighted by molar-refractivity contribution is 6.29. The summed E-state index contributed by atoms with van der Waals surface area (Å²) in [5, 5.41) is 19.4. The molecule has 208 valence electrons. The minimum Gasteiger partial charge on any atom is -0.355 e. The van der Waals surface area contributed by atoms with Crippen LogP contribution in [0, 0.1) is 0 Å². The van der Waals surface area contributed by atoms with Gasteiger partial charge in [-0.25, -0.2) is 0 Å². The van der Waals surface area contributed by atoms with Gasteiger partial charge in [-0.1, -0.05) is 146 Å². The molecule has 0 bridgehead atoms. The Morgan fingerprint density at radius 1 is 0.267 bits per heavy atom. The molecule has 0 aliphatic heterocycles. The molecule has 1 nitrogen and oxygen atoms in total. The number of benzene rings is 10. The van der Waals surface area contributed by atoms with E-state index < -0.39 is 0 Å². The van der Waals surface area contributed by atoms with Crippen LogP contribution in [0.15, 0.2) is 158 Å². The first-order valence-corrected chi connectivity index (χ1v) is 15.6. The molecule has 0 saturated heterocycles. The Labute approximate surface area is 260 Å². The van der Waals surface area contributed by atoms with Gasteiger partial charge in [0.25, 0.3) is 0 Å². The molecule has 0 heterocycles. The predicted molar refractivity (Wildman–Crippen MR) is 194 cm³/mol. The maximum atomic E-state index is 3.91. The summed E-state index contributed by atoms with van der Waals surface area (Å²) in [6.45, 7) is 0. The summed E-state index contributed by atoms with van der Waals surface area (Å²) >= 11 is 0. The van der Waals surface area contributed by atoms with E-state index in [1.54, 1.807) is 0 Å². The van der Waals surface area contributed by atoms with E-state index in [4.69, 9.17) is 0 Å². The van der Waals surface area contributed by atoms with Crippen LogP contribution in [0.2, 0.25) is 0 Å². The van der Waals surface area contributed by atoms with Gasteiger partial charge < -0.3 is 5.32 Å². The van der Waals surface area contributed by atoms with Gasteiger partial charge in [-0.05, 0) is 88.2 Å². The SMILES string of the molecule is c1ccc(-c2ccc3ccc4c(Nc5ccc6ccc7c(-c8ccccc8)ccc8ccc5c6c87)ccc5ccc2c3c54)cc1. The van der Waals surface area contributed by atoms with Crippen LogP contribution in [0.4, 0.5) is 11.4 Å². The van der Waals surface area contributed by atoms with Gasteiger partial charge in [0.05, 0.1) is 0 Å². The lowest BCUT2D eigenvalue weighted by molar-refractivity contribution is 1.63. The van der Waals surface area contributed by atoms with Crippen molar-refractivity contribution in [3.05, 3.63) is 158 Å². The zero-order chi connectivity index (χ0) is 29.5. The van der Waals surface area contributed by atoms with Gasteiger partial charge in [0.2, 0.25) is 0 Å². The fourth-order valence-electron chi connectivity index (χ4n) is 7.70. The van der Waals surface area contributed by atoms with Gasteiger partial charge >= 0.3 is 0 Å². The van der Waals surface area contributed by atoms with Crippen molar-refractivity contribution in [2.24, 2.45) is 0 Å². The van der Waals surface area contributed by atoms with Crippen molar-refractivity contribution in [3.8, 4) is 22.3 Å². The maximum absolute atomic E-state index is 3.91. The minimum absolute atomic E-state index is 1.13. The van der Waals surface area contributed by atoms with Crippen LogP contribution in [-0.4, -0.2) is 0 Å². The van der Waals surface area contributed by atoms with Gasteiger partial charge in [-0.2, -0.15) is 0 Å². The molecule has 0 saturated carbocycles. The predicted octanol–water partition coefficient (Wildman–Crippen LogP) is 12.6. The number of hydrogen-bond donors (Lipinski definition) is 1. The van der Waals surface area contributed by atoms with E-state index in [0.29, 0.717) is 0 Å². The average molecular weight is 570 g/mol. The van der Waals surface area contributed by atoms with Crippen LogP contribution in [0.25, 0.3) is 86.9 Å². The molecular weight excluding hydrogens is 542 g/mol. The quantitative estimate of drug-likeness (QED) is 0.208. The van der Waals surface area contributed by atoms with Crippen molar-refractivity contribution in [2.75, 3.05) is 5.32 Å². The lowest BCUT2D eigenvalue weighted by atomic mass is 9.89. The van der Waals surface area contributed by atoms with Gasteiger partial charge in [0, 0.05) is 22.1 Å². The summed E-state index contributed by atoms with van der Waals surface area (Å²) < 4.78 is 0. The van der Waals surface area contributed by atoms with Gasteiger partial charge in [-0.3, -0.25) is 0 Å². The lowest BCUT2D eigenvalue weighted by Gasteiger charge is -2.19. The third-order valence-corrected chi connectivity index (χ3v) is 9.77. The van der Waals surface area contributed by atoms with E-state index in [1.807, 2.05) is 0 Å². The van der Waals surface area contributed by atoms with Crippen molar-refractivity contribution >= 4 is 76.0 Å². The maximum Gasteiger partial charge on any atom is 0.0464 e. The second-order valence-electron chi connectivity index (χ2n) is 12.2. The van der Waals surface area contributed by atoms with Crippen LogP contribution in [0.5, 0.6) is 0 Å². The normalized spacial score (nSPS) is 12.0. The molecule has 0 aliphatic rings. The van der Waals surface area contributed by atoms with Crippen molar-refractivity contribution in [3.63, 3.8) is 0 Å². The Morgan fingerprint density at radius 3 is 1.02 bits per heavy atom. The van der Waals surface area contributed by atoms with Gasteiger partial charge in [-0.15, -0.1) is 0 Å². The van der Waals surface area contributed by atoms with Crippen LogP contribution < -0.4 is 5.32 Å². The molecule has 10 aromatic rings. The van der Waals surface area contributed by atoms with Crippen molar-refractivity contribution < 1.29 is 0 Å². The number of nitrogens with one attached hydrogen (secondary N) is 1. The highest BCUT2D eigenvalue weighted by Gasteiger charge is 2.17. The van der Waals surface area contributed by atoms with E-state index in [0.717, 1.165) is 11.4 Å². The van der Waals surface area contributed by atoms with Gasteiger partial charge in [0.15, 0.2) is 0 Å². The molecule has 0 atom stereocenters. The van der Waals surface area contributed by atoms with E-state index >= 15 is 0 Å². The Hall–Kier alpha value is -5.92. The molecule has 1 N–H and O–H groups in total. The third-order valence-electron chi connectivity index (χ3n) is 9.77. The van der Waals surface area contributed by atoms with Crippen LogP contribution in [0.3, 0.4) is 0 Å². The molecule has 10 aromatic carbocycles. The molecule has 0 aliphatic carbocycles. The summed E-state index contributed by atoms with van der Waals surface area (Å²) in [6, 6.07) is 57.8. The van der Waals surface area contributed by atoms with Crippen LogP contribution >= 0.6 is 0 Å². The summed E-state index contributed by atoms with van der Waals surface area (Å²) in [5.74, 6) is 0. The zero-order valence-corrected chi connectivity index (χ0v) is 24.5. The fraction of sp³-hybridized carbons (Fsp3) is 0. The summed E-state index contributed by atoms with van der Waals surface area (Å²) in [6.07, 6.45) is 0.